The van der Waals surface area contributed by atoms with E-state index in [1.807, 2.05) is 0 Å². The van der Waals surface area contributed by atoms with Gasteiger partial charge in [-0.1, -0.05) is 412 Å². The third-order valence-electron chi connectivity index (χ3n) is 24.2. The van der Waals surface area contributed by atoms with Crippen molar-refractivity contribution >= 4 is 108 Å². The molecule has 0 atom stereocenters. The average Bonchev–Trinajstić information content (AvgIpc) is 0.732. The molecule has 0 heteroatoms. The molecule has 0 aliphatic carbocycles. The zero-order valence-corrected chi connectivity index (χ0v) is 66.3. The second-order valence-electron chi connectivity index (χ2n) is 31.5. The predicted molar refractivity (Wildman–Crippen MR) is 507 cm³/mol. The molecule has 0 N–H and O–H groups in total. The molecule has 117 heavy (non-hydrogen) atoms. The molecule has 0 aromatic heterocycles. The fourth-order valence-electron chi connectivity index (χ4n) is 19.2. The van der Waals surface area contributed by atoms with Gasteiger partial charge < -0.3 is 0 Å². The molecule has 0 saturated heterocycles. The minimum Gasteiger partial charge on any atom is -0.0622 e. The Morgan fingerprint density at radius 1 is 0.120 bits per heavy atom. The van der Waals surface area contributed by atoms with Gasteiger partial charge in [0.25, 0.3) is 0 Å². The molecule has 0 saturated carbocycles. The first-order valence-corrected chi connectivity index (χ1v) is 40.9. The van der Waals surface area contributed by atoms with E-state index in [1.54, 1.807) is 0 Å². The molecule has 552 valence electrons. The molecule has 0 heterocycles. The SMILES string of the molecule is Cc1cc(-c2ccccc2)cc(C)c1-c1c2ccccc2c(-c2ccc3ccccc3c2)c2ccccc12.Cc1cc(C)c(-c2ccc(-c3c4ccccc4c(-c4ccc5ccccc5c4)c4ccccc34)cc2)c(C)c1.c1ccc(-c2ccc(-c3c4ccccc4c(-c4cccc5c4ccc4ccccc45)c4ccccc34)cc2)cc1. The summed E-state index contributed by atoms with van der Waals surface area (Å²) < 4.78 is 0. The zero-order chi connectivity index (χ0) is 78.6. The lowest BCUT2D eigenvalue weighted by atomic mass is 9.82. The summed E-state index contributed by atoms with van der Waals surface area (Å²) in [6, 6.07) is 153. The molecular weight excluding hydrogens is 1410 g/mol. The van der Waals surface area contributed by atoms with Gasteiger partial charge in [-0.05, 0) is 277 Å². The van der Waals surface area contributed by atoms with Gasteiger partial charge in [0, 0.05) is 0 Å². The van der Waals surface area contributed by atoms with Crippen LogP contribution in [-0.2, 0) is 0 Å². The molecule has 22 aromatic rings. The van der Waals surface area contributed by atoms with Gasteiger partial charge in [-0.15, -0.1) is 0 Å². The van der Waals surface area contributed by atoms with Gasteiger partial charge in [0.05, 0.1) is 0 Å². The topological polar surface area (TPSA) is 0 Å². The van der Waals surface area contributed by atoms with E-state index in [9.17, 15) is 0 Å². The van der Waals surface area contributed by atoms with E-state index in [0.717, 1.165) is 0 Å². The molecule has 0 fully saturated rings. The number of hydrogen-bond donors (Lipinski definition) is 0. The molecular formula is C117H84. The lowest BCUT2D eigenvalue weighted by Gasteiger charge is -2.21. The average molecular weight is 1490 g/mol. The first-order valence-electron chi connectivity index (χ1n) is 40.9. The lowest BCUT2D eigenvalue weighted by Crippen LogP contribution is -1.95. The third-order valence-corrected chi connectivity index (χ3v) is 24.2. The Kier molecular flexibility index (Phi) is 18.6. The van der Waals surface area contributed by atoms with Crippen molar-refractivity contribution in [2.75, 3.05) is 0 Å². The molecule has 0 bridgehead atoms. The Labute approximate surface area is 684 Å². The minimum absolute atomic E-state index is 1.23. The monoisotopic (exact) mass is 1490 g/mol. The van der Waals surface area contributed by atoms with Crippen molar-refractivity contribution in [3.63, 3.8) is 0 Å². The number of fused-ring (bicyclic) bond motifs is 11. The van der Waals surface area contributed by atoms with Crippen LogP contribution in [-0.4, -0.2) is 0 Å². The van der Waals surface area contributed by atoms with Crippen LogP contribution in [0, 0.1) is 34.6 Å². The molecule has 0 unspecified atom stereocenters. The molecule has 0 radical (unpaired) electrons. The Hall–Kier alpha value is -14.6. The quantitative estimate of drug-likeness (QED) is 0.0998. The Balaban J connectivity index is 0.000000113. The van der Waals surface area contributed by atoms with Gasteiger partial charge >= 0.3 is 0 Å². The first-order chi connectivity index (χ1) is 57.6. The predicted octanol–water partition coefficient (Wildman–Crippen LogP) is 33.1. The number of benzene rings is 22. The van der Waals surface area contributed by atoms with E-state index < -0.39 is 0 Å². The maximum absolute atomic E-state index is 2.35. The molecule has 0 aliphatic rings. The van der Waals surface area contributed by atoms with Gasteiger partial charge in [0.2, 0.25) is 0 Å². The van der Waals surface area contributed by atoms with Crippen molar-refractivity contribution in [2.45, 2.75) is 34.6 Å². The number of rotatable bonds is 9. The molecule has 0 aliphatic heterocycles. The number of hydrogen-bond acceptors (Lipinski definition) is 0. The van der Waals surface area contributed by atoms with Crippen LogP contribution in [0.5, 0.6) is 0 Å². The van der Waals surface area contributed by atoms with Crippen LogP contribution in [0.25, 0.3) is 208 Å². The minimum atomic E-state index is 1.23. The second kappa shape index (κ2) is 30.4. The standard InChI is InChI=1S/C40H26.C39H30.C38H28/c1-2-11-27(12-3-1)28-21-23-30(24-22-28)39-35-15-6-8-17-37(35)40(38-18-9-7-16-36(38)39)34-20-10-19-32-31-14-5-4-13-29(31)25-26-33(32)34;1-25-22-26(2)37(27(3)23-25)29-17-19-30(20-18-29)38-33-12-6-8-14-35(33)39(36-15-9-7-13-34(36)38)32-21-16-28-10-4-5-11-31(28)24-32;1-25-22-31(27-12-4-3-5-13-27)23-26(2)36(25)38-34-18-10-8-16-32(34)37(33-17-9-11-19-35(33)38)30-21-20-28-14-6-7-15-29(28)24-30/h1-26H;4-24H,1-3H3;3-24H,1-2H3. The maximum Gasteiger partial charge on any atom is -0.00201 e. The summed E-state index contributed by atoms with van der Waals surface area (Å²) in [4.78, 5) is 0. The van der Waals surface area contributed by atoms with E-state index in [1.165, 1.54) is 236 Å². The summed E-state index contributed by atoms with van der Waals surface area (Å²) in [5.74, 6) is 0. The van der Waals surface area contributed by atoms with Crippen molar-refractivity contribution in [2.24, 2.45) is 0 Å². The van der Waals surface area contributed by atoms with Crippen LogP contribution in [0.1, 0.15) is 27.8 Å². The van der Waals surface area contributed by atoms with Crippen molar-refractivity contribution in [1.82, 2.24) is 0 Å². The summed E-state index contributed by atoms with van der Waals surface area (Å²) in [6.45, 7) is 11.1. The summed E-state index contributed by atoms with van der Waals surface area (Å²) >= 11 is 0. The van der Waals surface area contributed by atoms with Gasteiger partial charge in [0.15, 0.2) is 0 Å². The van der Waals surface area contributed by atoms with Crippen LogP contribution in [0.2, 0.25) is 0 Å². The largest absolute Gasteiger partial charge is 0.0622 e. The van der Waals surface area contributed by atoms with Crippen LogP contribution < -0.4 is 0 Å². The van der Waals surface area contributed by atoms with E-state index in [2.05, 4.69) is 453 Å². The summed E-state index contributed by atoms with van der Waals surface area (Å²) in [5.41, 5.74) is 29.6. The molecule has 0 nitrogen and oxygen atoms in total. The fraction of sp³-hybridized carbons (Fsp3) is 0.0427. The van der Waals surface area contributed by atoms with E-state index in [-0.39, 0.29) is 0 Å². The van der Waals surface area contributed by atoms with Crippen LogP contribution in [0.4, 0.5) is 0 Å². The van der Waals surface area contributed by atoms with Gasteiger partial charge in [-0.3, -0.25) is 0 Å². The molecule has 22 rings (SSSR count). The highest BCUT2D eigenvalue weighted by Crippen LogP contribution is 2.50. The van der Waals surface area contributed by atoms with E-state index in [4.69, 9.17) is 0 Å². The third kappa shape index (κ3) is 13.0. The van der Waals surface area contributed by atoms with Crippen LogP contribution >= 0.6 is 0 Å². The highest BCUT2D eigenvalue weighted by molar-refractivity contribution is 6.27. The van der Waals surface area contributed by atoms with Crippen molar-refractivity contribution in [3.05, 3.63) is 446 Å². The van der Waals surface area contributed by atoms with Crippen molar-refractivity contribution in [1.29, 1.82) is 0 Å². The smallest absolute Gasteiger partial charge is 0.00201 e. The Morgan fingerprint density at radius 2 is 0.393 bits per heavy atom. The van der Waals surface area contributed by atoms with Crippen molar-refractivity contribution in [3.8, 4) is 100 Å². The van der Waals surface area contributed by atoms with Crippen LogP contribution in [0.15, 0.2) is 419 Å². The van der Waals surface area contributed by atoms with Gasteiger partial charge in [0.1, 0.15) is 0 Å². The summed E-state index contributed by atoms with van der Waals surface area (Å²) in [5, 5.41) is 25.7. The van der Waals surface area contributed by atoms with Crippen molar-refractivity contribution < 1.29 is 0 Å². The maximum atomic E-state index is 2.35. The van der Waals surface area contributed by atoms with Crippen LogP contribution in [0.3, 0.4) is 0 Å². The summed E-state index contributed by atoms with van der Waals surface area (Å²) in [6.07, 6.45) is 0. The normalized spacial score (nSPS) is 11.5. The second-order valence-corrected chi connectivity index (χ2v) is 31.5. The molecule has 0 spiro atoms. The fourth-order valence-corrected chi connectivity index (χ4v) is 19.2. The highest BCUT2D eigenvalue weighted by Gasteiger charge is 2.24. The first kappa shape index (κ1) is 71.5. The number of aryl methyl sites for hydroxylation is 5. The van der Waals surface area contributed by atoms with Gasteiger partial charge in [-0.2, -0.15) is 0 Å². The van der Waals surface area contributed by atoms with Gasteiger partial charge in [-0.25, -0.2) is 0 Å². The lowest BCUT2D eigenvalue weighted by molar-refractivity contribution is 1.32. The Morgan fingerprint density at radius 3 is 0.803 bits per heavy atom. The molecule has 0 amide bonds. The van der Waals surface area contributed by atoms with E-state index >= 15 is 0 Å². The summed E-state index contributed by atoms with van der Waals surface area (Å²) in [7, 11) is 0. The zero-order valence-electron chi connectivity index (χ0n) is 66.3. The highest BCUT2D eigenvalue weighted by atomic mass is 14.3. The Bertz CT molecular complexity index is 7410. The van der Waals surface area contributed by atoms with E-state index in [0.29, 0.717) is 0 Å². The molecule has 22 aromatic carbocycles.